The molecule has 2 unspecified atom stereocenters. The third-order valence-electron chi connectivity index (χ3n) is 9.10. The lowest BCUT2D eigenvalue weighted by Gasteiger charge is -2.18. The summed E-state index contributed by atoms with van der Waals surface area (Å²) in [4.78, 5) is 36.5. The van der Waals surface area contributed by atoms with E-state index in [0.717, 1.165) is 34.9 Å². The Hall–Kier alpha value is -4.91. The van der Waals surface area contributed by atoms with Crippen LogP contribution in [0.15, 0.2) is 91.0 Å². The molecule has 0 saturated heterocycles. The fourth-order valence-electron chi connectivity index (χ4n) is 5.13. The Labute approximate surface area is 310 Å². The van der Waals surface area contributed by atoms with Crippen LogP contribution in [0.5, 0.6) is 17.2 Å². The molecule has 4 aromatic rings. The Balaban J connectivity index is 0.000000437. The van der Waals surface area contributed by atoms with Crippen LogP contribution in [-0.2, 0) is 22.6 Å². The predicted molar refractivity (Wildman–Crippen MR) is 213 cm³/mol. The van der Waals surface area contributed by atoms with E-state index < -0.39 is 6.09 Å². The van der Waals surface area contributed by atoms with Gasteiger partial charge < -0.3 is 14.2 Å². The molecule has 2 atom stereocenters. The van der Waals surface area contributed by atoms with Gasteiger partial charge in [-0.1, -0.05) is 115 Å². The Bertz CT molecular complexity index is 1770. The lowest BCUT2D eigenvalue weighted by molar-refractivity contribution is -0.119. The topological polar surface area (TPSA) is 90.9 Å². The molecule has 1 N–H and O–H groups in total. The lowest BCUT2D eigenvalue weighted by atomic mass is 9.90. The standard InChI is InChI=1S/C32H33NO5.C10H18O.C3H6/c1-5-21(3)30(34)29-22(6-2)14-15-24(31(29)36-4)20-37-32(35)33-25-16-18-26(19-17-25)38-28-13-9-11-23-10-7-8-12-27(23)28;1-5-10(11)7-6-9(4)8(2)3;1-2-3-1/h7-19,21H,5-6,20H2,1-4H3,(H,33,35);9H,2,5-7H2,1,3-4H3;1-3H2. The molecule has 0 radical (unpaired) electrons. The highest BCUT2D eigenvalue weighted by Crippen LogP contribution is 2.32. The number of hydrogen-bond acceptors (Lipinski definition) is 6. The second kappa shape index (κ2) is 21.5. The van der Waals surface area contributed by atoms with Gasteiger partial charge in [0.1, 0.15) is 29.6 Å². The average molecular weight is 708 g/mol. The molecule has 0 spiro atoms. The molecule has 1 aliphatic carbocycles. The lowest BCUT2D eigenvalue weighted by Crippen LogP contribution is -2.17. The van der Waals surface area contributed by atoms with Crippen LogP contribution >= 0.6 is 0 Å². The van der Waals surface area contributed by atoms with Crippen molar-refractivity contribution in [1.82, 2.24) is 0 Å². The van der Waals surface area contributed by atoms with Crippen molar-refractivity contribution in [3.8, 4) is 17.2 Å². The number of ether oxygens (including phenoxy) is 3. The SMILES string of the molecule is C1CC1.C=C(C)C(C)CCC(=O)CC.CCc1ccc(COC(=O)Nc2ccc(Oc3cccc4ccccc34)cc2)c(OC)c1C(=O)C(C)CC. The van der Waals surface area contributed by atoms with Gasteiger partial charge in [-0.3, -0.25) is 14.9 Å². The Morgan fingerprint density at radius 1 is 0.827 bits per heavy atom. The number of benzene rings is 4. The molecule has 7 heteroatoms. The number of hydrogen-bond donors (Lipinski definition) is 1. The largest absolute Gasteiger partial charge is 0.496 e. The maximum Gasteiger partial charge on any atom is 0.411 e. The maximum atomic E-state index is 13.1. The van der Waals surface area contributed by atoms with E-state index in [9.17, 15) is 14.4 Å². The summed E-state index contributed by atoms with van der Waals surface area (Å²) in [5.74, 6) is 2.65. The molecule has 4 aromatic carbocycles. The maximum absolute atomic E-state index is 13.1. The molecular weight excluding hydrogens is 650 g/mol. The molecular formula is C45H57NO6. The van der Waals surface area contributed by atoms with Gasteiger partial charge in [0.15, 0.2) is 5.78 Å². The number of methoxy groups -OCH3 is 1. The zero-order chi connectivity index (χ0) is 38.0. The highest BCUT2D eigenvalue weighted by molar-refractivity contribution is 6.02. The van der Waals surface area contributed by atoms with Gasteiger partial charge in [0.2, 0.25) is 0 Å². The molecule has 1 amide bonds. The van der Waals surface area contributed by atoms with Crippen molar-refractivity contribution < 1.29 is 28.6 Å². The van der Waals surface area contributed by atoms with Crippen molar-refractivity contribution in [2.75, 3.05) is 12.4 Å². The second-order valence-corrected chi connectivity index (χ2v) is 13.4. The highest BCUT2D eigenvalue weighted by atomic mass is 16.5. The summed E-state index contributed by atoms with van der Waals surface area (Å²) in [5, 5.41) is 4.86. The molecule has 1 aliphatic rings. The average Bonchev–Trinajstić information content (AvgIpc) is 4.06. The van der Waals surface area contributed by atoms with Crippen molar-refractivity contribution in [3.05, 3.63) is 108 Å². The van der Waals surface area contributed by atoms with Gasteiger partial charge in [0.05, 0.1) is 12.7 Å². The van der Waals surface area contributed by atoms with Gasteiger partial charge in [0, 0.05) is 35.4 Å². The van der Waals surface area contributed by atoms with E-state index in [1.54, 1.807) is 24.3 Å². The Kier molecular flexibility index (Phi) is 17.1. The van der Waals surface area contributed by atoms with Gasteiger partial charge in [0.25, 0.3) is 0 Å². The summed E-state index contributed by atoms with van der Waals surface area (Å²) in [6, 6.07) is 24.8. The van der Waals surface area contributed by atoms with Crippen LogP contribution in [0, 0.1) is 11.8 Å². The quantitative estimate of drug-likeness (QED) is 0.0977. The van der Waals surface area contributed by atoms with E-state index in [-0.39, 0.29) is 18.3 Å². The van der Waals surface area contributed by atoms with Crippen molar-refractivity contribution in [3.63, 3.8) is 0 Å². The van der Waals surface area contributed by atoms with E-state index in [4.69, 9.17) is 14.2 Å². The van der Waals surface area contributed by atoms with Crippen molar-refractivity contribution in [1.29, 1.82) is 0 Å². The number of carbonyl (C=O) groups is 3. The first kappa shape index (κ1) is 41.5. The summed E-state index contributed by atoms with van der Waals surface area (Å²) < 4.78 is 17.2. The number of nitrogens with one attached hydrogen (secondary N) is 1. The molecule has 0 aromatic heterocycles. The van der Waals surface area contributed by atoms with Crippen molar-refractivity contribution in [2.45, 2.75) is 99.5 Å². The number of aryl methyl sites for hydroxylation is 1. The Morgan fingerprint density at radius 2 is 1.48 bits per heavy atom. The van der Waals surface area contributed by atoms with Gasteiger partial charge >= 0.3 is 6.09 Å². The first-order valence-corrected chi connectivity index (χ1v) is 18.6. The monoisotopic (exact) mass is 707 g/mol. The summed E-state index contributed by atoms with van der Waals surface area (Å²) in [5.41, 5.74) is 3.89. The molecule has 5 rings (SSSR count). The minimum atomic E-state index is -0.607. The third kappa shape index (κ3) is 13.0. The molecule has 52 heavy (non-hydrogen) atoms. The highest BCUT2D eigenvalue weighted by Gasteiger charge is 2.24. The minimum absolute atomic E-state index is 0.0257. The van der Waals surface area contributed by atoms with Crippen LogP contribution in [-0.4, -0.2) is 24.8 Å². The molecule has 1 fully saturated rings. The van der Waals surface area contributed by atoms with Crippen LogP contribution in [0.1, 0.15) is 108 Å². The number of allylic oxidation sites excluding steroid dienone is 1. The van der Waals surface area contributed by atoms with E-state index in [2.05, 4.69) is 18.8 Å². The summed E-state index contributed by atoms with van der Waals surface area (Å²) in [7, 11) is 1.54. The zero-order valence-corrected chi connectivity index (χ0v) is 32.2. The first-order chi connectivity index (χ1) is 25.0. The van der Waals surface area contributed by atoms with E-state index >= 15 is 0 Å². The molecule has 278 valence electrons. The van der Waals surface area contributed by atoms with Gasteiger partial charge in [-0.15, -0.1) is 0 Å². The summed E-state index contributed by atoms with van der Waals surface area (Å²) >= 11 is 0. The van der Waals surface area contributed by atoms with E-state index in [0.29, 0.717) is 59.3 Å². The predicted octanol–water partition coefficient (Wildman–Crippen LogP) is 12.3. The fourth-order valence-corrected chi connectivity index (χ4v) is 5.13. The fraction of sp³-hybridized carbons (Fsp3) is 0.400. The number of rotatable bonds is 15. The van der Waals surface area contributed by atoms with E-state index in [1.807, 2.05) is 89.2 Å². The molecule has 0 aliphatic heterocycles. The van der Waals surface area contributed by atoms with Crippen molar-refractivity contribution >= 4 is 34.1 Å². The second-order valence-electron chi connectivity index (χ2n) is 13.4. The number of carbonyl (C=O) groups excluding carboxylic acids is 3. The summed E-state index contributed by atoms with van der Waals surface area (Å²) in [6.07, 6.45) is 7.68. The van der Waals surface area contributed by atoms with E-state index in [1.165, 1.54) is 31.9 Å². The van der Waals surface area contributed by atoms with Gasteiger partial charge in [-0.05, 0) is 73.4 Å². The number of anilines is 1. The van der Waals surface area contributed by atoms with Crippen LogP contribution in [0.25, 0.3) is 10.8 Å². The summed E-state index contributed by atoms with van der Waals surface area (Å²) in [6.45, 7) is 15.8. The minimum Gasteiger partial charge on any atom is -0.496 e. The molecule has 7 nitrogen and oxygen atoms in total. The first-order valence-electron chi connectivity index (χ1n) is 18.6. The third-order valence-corrected chi connectivity index (χ3v) is 9.10. The van der Waals surface area contributed by atoms with Crippen LogP contribution in [0.2, 0.25) is 0 Å². The van der Waals surface area contributed by atoms with Gasteiger partial charge in [-0.2, -0.15) is 0 Å². The number of Topliss-reactive ketones (excluding diaryl/α,β-unsaturated/α-hetero) is 2. The normalized spacial score (nSPS) is 12.5. The zero-order valence-electron chi connectivity index (χ0n) is 32.2. The smallest absolute Gasteiger partial charge is 0.411 e. The number of amides is 1. The van der Waals surface area contributed by atoms with Crippen LogP contribution in [0.3, 0.4) is 0 Å². The van der Waals surface area contributed by atoms with Crippen LogP contribution < -0.4 is 14.8 Å². The van der Waals surface area contributed by atoms with Crippen LogP contribution in [0.4, 0.5) is 10.5 Å². The molecule has 1 saturated carbocycles. The van der Waals surface area contributed by atoms with Gasteiger partial charge in [-0.25, -0.2) is 4.79 Å². The molecule has 0 bridgehead atoms. The number of ketones is 2. The Morgan fingerprint density at radius 3 is 2.08 bits per heavy atom. The van der Waals surface area contributed by atoms with Crippen molar-refractivity contribution in [2.24, 2.45) is 11.8 Å². The number of fused-ring (bicyclic) bond motifs is 1. The molecule has 0 heterocycles.